The molecule has 1 unspecified atom stereocenters. The van der Waals surface area contributed by atoms with Gasteiger partial charge in [-0.3, -0.25) is 9.59 Å². The van der Waals surface area contributed by atoms with Gasteiger partial charge >= 0.3 is 18.1 Å². The Labute approximate surface area is 209 Å². The van der Waals surface area contributed by atoms with E-state index in [9.17, 15) is 22.8 Å². The van der Waals surface area contributed by atoms with Crippen LogP contribution in [0.4, 0.5) is 13.2 Å². The SMILES string of the molecule is CCCCCCCCCCCCCCCOC(=O)CCCC(=O)OC(c1ccccc1)C(F)(F)F. The van der Waals surface area contributed by atoms with Crippen LogP contribution in [-0.4, -0.2) is 24.7 Å². The second kappa shape index (κ2) is 19.2. The zero-order valence-electron chi connectivity index (χ0n) is 21.3. The molecule has 0 aliphatic rings. The maximum absolute atomic E-state index is 13.2. The highest BCUT2D eigenvalue weighted by Crippen LogP contribution is 2.36. The second-order valence-electron chi connectivity index (χ2n) is 9.14. The third-order valence-electron chi connectivity index (χ3n) is 5.92. The Morgan fingerprint density at radius 2 is 1.20 bits per heavy atom. The molecule has 1 atom stereocenters. The predicted molar refractivity (Wildman–Crippen MR) is 132 cm³/mol. The number of rotatable bonds is 20. The standard InChI is InChI=1S/C28H43F3O4/c1-2-3-4-5-6-7-8-9-10-11-12-13-17-23-34-25(32)21-18-22-26(33)35-27(28(29,30)31)24-19-15-14-16-20-24/h14-16,19-20,27H,2-13,17-18,21-23H2,1H3. The van der Waals surface area contributed by atoms with E-state index >= 15 is 0 Å². The monoisotopic (exact) mass is 500 g/mol. The highest BCUT2D eigenvalue weighted by molar-refractivity contribution is 5.72. The maximum atomic E-state index is 13.2. The summed E-state index contributed by atoms with van der Waals surface area (Å²) < 4.78 is 49.5. The molecule has 0 aliphatic carbocycles. The van der Waals surface area contributed by atoms with Crippen molar-refractivity contribution in [3.8, 4) is 0 Å². The summed E-state index contributed by atoms with van der Waals surface area (Å²) in [4.78, 5) is 23.7. The molecular formula is C28H43F3O4. The van der Waals surface area contributed by atoms with Crippen LogP contribution < -0.4 is 0 Å². The number of hydrogen-bond acceptors (Lipinski definition) is 4. The molecule has 0 heterocycles. The first-order valence-corrected chi connectivity index (χ1v) is 13.3. The van der Waals surface area contributed by atoms with Gasteiger partial charge in [-0.1, -0.05) is 114 Å². The Bertz CT molecular complexity index is 677. The summed E-state index contributed by atoms with van der Waals surface area (Å²) in [6, 6.07) is 7.02. The van der Waals surface area contributed by atoms with Gasteiger partial charge in [0.25, 0.3) is 0 Å². The molecule has 1 aromatic rings. The van der Waals surface area contributed by atoms with Crippen LogP contribution in [0.15, 0.2) is 30.3 Å². The van der Waals surface area contributed by atoms with Gasteiger partial charge in [-0.05, 0) is 12.8 Å². The van der Waals surface area contributed by atoms with Crippen LogP contribution in [0.3, 0.4) is 0 Å². The van der Waals surface area contributed by atoms with Crippen molar-refractivity contribution in [3.63, 3.8) is 0 Å². The zero-order chi connectivity index (χ0) is 25.8. The number of esters is 2. The lowest BCUT2D eigenvalue weighted by atomic mass is 10.0. The fourth-order valence-corrected chi connectivity index (χ4v) is 3.90. The largest absolute Gasteiger partial charge is 0.466 e. The number of alkyl halides is 3. The third kappa shape index (κ3) is 16.3. The average molecular weight is 501 g/mol. The quantitative estimate of drug-likeness (QED) is 0.133. The molecule has 35 heavy (non-hydrogen) atoms. The molecule has 4 nitrogen and oxygen atoms in total. The Kier molecular flexibility index (Phi) is 17.0. The molecule has 0 saturated carbocycles. The Morgan fingerprint density at radius 3 is 1.71 bits per heavy atom. The molecule has 0 aliphatic heterocycles. The summed E-state index contributed by atoms with van der Waals surface area (Å²) in [5.74, 6) is -1.42. The molecule has 0 bridgehead atoms. The summed E-state index contributed by atoms with van der Waals surface area (Å²) in [6.45, 7) is 2.57. The number of carbonyl (C=O) groups is 2. The molecule has 0 radical (unpaired) electrons. The summed E-state index contributed by atoms with van der Waals surface area (Å²) in [5, 5.41) is 0. The minimum atomic E-state index is -4.70. The highest BCUT2D eigenvalue weighted by Gasteiger charge is 2.43. The van der Waals surface area contributed by atoms with Crippen molar-refractivity contribution in [2.75, 3.05) is 6.61 Å². The summed E-state index contributed by atoms with van der Waals surface area (Å²) in [7, 11) is 0. The molecule has 1 rings (SSSR count). The molecule has 1 aromatic carbocycles. The summed E-state index contributed by atoms with van der Waals surface area (Å²) in [5.41, 5.74) is -0.134. The average Bonchev–Trinajstić information content (AvgIpc) is 2.82. The van der Waals surface area contributed by atoms with E-state index in [0.717, 1.165) is 19.3 Å². The first-order valence-electron chi connectivity index (χ1n) is 13.3. The van der Waals surface area contributed by atoms with E-state index in [0.29, 0.717) is 6.61 Å². The van der Waals surface area contributed by atoms with Crippen LogP contribution >= 0.6 is 0 Å². The number of unbranched alkanes of at least 4 members (excludes halogenated alkanes) is 12. The molecule has 0 aromatic heterocycles. The van der Waals surface area contributed by atoms with Gasteiger partial charge in [0.15, 0.2) is 0 Å². The molecule has 0 spiro atoms. The van der Waals surface area contributed by atoms with E-state index < -0.39 is 24.2 Å². The molecule has 0 fully saturated rings. The Morgan fingerprint density at radius 1 is 0.714 bits per heavy atom. The van der Waals surface area contributed by atoms with Crippen LogP contribution in [-0.2, 0) is 19.1 Å². The lowest BCUT2D eigenvalue weighted by Gasteiger charge is -2.21. The van der Waals surface area contributed by atoms with Crippen LogP contribution in [0.25, 0.3) is 0 Å². The number of benzene rings is 1. The van der Waals surface area contributed by atoms with Crippen molar-refractivity contribution in [2.24, 2.45) is 0 Å². The van der Waals surface area contributed by atoms with E-state index in [2.05, 4.69) is 11.7 Å². The van der Waals surface area contributed by atoms with Crippen LogP contribution in [0.2, 0.25) is 0 Å². The fraction of sp³-hybridized carbons (Fsp3) is 0.714. The number of ether oxygens (including phenoxy) is 2. The van der Waals surface area contributed by atoms with Gasteiger partial charge in [-0.2, -0.15) is 13.2 Å². The Hall–Kier alpha value is -2.05. The maximum Gasteiger partial charge on any atom is 0.429 e. The third-order valence-corrected chi connectivity index (χ3v) is 5.92. The van der Waals surface area contributed by atoms with Crippen molar-refractivity contribution in [1.82, 2.24) is 0 Å². The van der Waals surface area contributed by atoms with Crippen molar-refractivity contribution in [3.05, 3.63) is 35.9 Å². The number of carbonyl (C=O) groups excluding carboxylic acids is 2. The van der Waals surface area contributed by atoms with Crippen molar-refractivity contribution in [2.45, 2.75) is 122 Å². The minimum absolute atomic E-state index is 0.0183. The normalized spacial score (nSPS) is 12.3. The van der Waals surface area contributed by atoms with Gasteiger partial charge in [0.1, 0.15) is 0 Å². The van der Waals surface area contributed by atoms with Gasteiger partial charge in [0.05, 0.1) is 6.61 Å². The molecule has 0 saturated heterocycles. The second-order valence-corrected chi connectivity index (χ2v) is 9.14. The highest BCUT2D eigenvalue weighted by atomic mass is 19.4. The Balaban J connectivity index is 2.01. The van der Waals surface area contributed by atoms with E-state index in [1.807, 2.05) is 0 Å². The van der Waals surface area contributed by atoms with Crippen molar-refractivity contribution in [1.29, 1.82) is 0 Å². The lowest BCUT2D eigenvalue weighted by Crippen LogP contribution is -2.26. The summed E-state index contributed by atoms with van der Waals surface area (Å²) in [6.07, 6.45) is 8.87. The molecule has 0 N–H and O–H groups in total. The van der Waals surface area contributed by atoms with Gasteiger partial charge in [0, 0.05) is 18.4 Å². The van der Waals surface area contributed by atoms with Gasteiger partial charge < -0.3 is 9.47 Å². The molecular weight excluding hydrogens is 457 g/mol. The first-order chi connectivity index (χ1) is 16.8. The van der Waals surface area contributed by atoms with E-state index in [4.69, 9.17) is 4.74 Å². The first kappa shape index (κ1) is 31.0. The minimum Gasteiger partial charge on any atom is -0.466 e. The molecule has 7 heteroatoms. The van der Waals surface area contributed by atoms with E-state index in [1.54, 1.807) is 6.07 Å². The van der Waals surface area contributed by atoms with Gasteiger partial charge in [-0.25, -0.2) is 0 Å². The van der Waals surface area contributed by atoms with Crippen LogP contribution in [0, 0.1) is 0 Å². The smallest absolute Gasteiger partial charge is 0.429 e. The van der Waals surface area contributed by atoms with Gasteiger partial charge in [0.2, 0.25) is 6.10 Å². The van der Waals surface area contributed by atoms with E-state index in [1.165, 1.54) is 88.5 Å². The zero-order valence-corrected chi connectivity index (χ0v) is 21.3. The lowest BCUT2D eigenvalue weighted by molar-refractivity contribution is -0.224. The topological polar surface area (TPSA) is 52.6 Å². The predicted octanol–water partition coefficient (Wildman–Crippen LogP) is 8.64. The van der Waals surface area contributed by atoms with Crippen molar-refractivity contribution < 1.29 is 32.2 Å². The summed E-state index contributed by atoms with van der Waals surface area (Å²) >= 11 is 0. The number of halogens is 3. The van der Waals surface area contributed by atoms with Crippen LogP contribution in [0.1, 0.15) is 121 Å². The van der Waals surface area contributed by atoms with Gasteiger partial charge in [-0.15, -0.1) is 0 Å². The molecule has 200 valence electrons. The molecule has 0 amide bonds. The van der Waals surface area contributed by atoms with Crippen molar-refractivity contribution >= 4 is 11.9 Å². The number of hydrogen-bond donors (Lipinski definition) is 0. The van der Waals surface area contributed by atoms with E-state index in [-0.39, 0.29) is 24.8 Å². The van der Waals surface area contributed by atoms with Crippen LogP contribution in [0.5, 0.6) is 0 Å². The fourth-order valence-electron chi connectivity index (χ4n) is 3.90.